The third kappa shape index (κ3) is 6.27. The van der Waals surface area contributed by atoms with Crippen LogP contribution in [0.4, 0.5) is 15.8 Å². The Bertz CT molecular complexity index is 1350. The summed E-state index contributed by atoms with van der Waals surface area (Å²) >= 11 is 5.91. The normalized spacial score (nSPS) is 10.9. The lowest BCUT2D eigenvalue weighted by atomic mass is 10.3. The van der Waals surface area contributed by atoms with Crippen LogP contribution >= 0.6 is 11.6 Å². The predicted molar refractivity (Wildman–Crippen MR) is 136 cm³/mol. The Balaban J connectivity index is 1.93. The van der Waals surface area contributed by atoms with Gasteiger partial charge in [-0.2, -0.15) is 0 Å². The smallest absolute Gasteiger partial charge is 0.264 e. The van der Waals surface area contributed by atoms with Crippen LogP contribution in [0.2, 0.25) is 5.02 Å². The number of nitrogens with zero attached hydrogens (tertiary/aromatic N) is 1. The molecule has 1 amide bonds. The first kappa shape index (κ1) is 26.8. The quantitative estimate of drug-likeness (QED) is 0.352. The van der Waals surface area contributed by atoms with Gasteiger partial charge in [0.05, 0.1) is 29.8 Å². The molecular formula is C25H24ClFN2O6S. The number of halogens is 2. The zero-order chi connectivity index (χ0) is 26.3. The minimum atomic E-state index is -4.32. The molecule has 3 rings (SSSR count). The Kier molecular flexibility index (Phi) is 8.78. The molecule has 0 fully saturated rings. The van der Waals surface area contributed by atoms with Gasteiger partial charge in [0.1, 0.15) is 24.7 Å². The fourth-order valence-electron chi connectivity index (χ4n) is 3.18. The molecule has 0 unspecified atom stereocenters. The highest BCUT2D eigenvalue weighted by molar-refractivity contribution is 7.92. The first-order chi connectivity index (χ1) is 17.2. The fourth-order valence-corrected chi connectivity index (χ4v) is 4.78. The first-order valence-electron chi connectivity index (χ1n) is 10.5. The highest BCUT2D eigenvalue weighted by Gasteiger charge is 2.29. The molecule has 0 heterocycles. The van der Waals surface area contributed by atoms with Gasteiger partial charge in [-0.1, -0.05) is 24.3 Å². The standard InChI is InChI=1S/C25H24ClFN2O6S/c1-4-13-35-19-8-5-17(6-9-19)28-25(30)16-29(18-7-11-22(27)21(26)14-18)36(31,32)20-10-12-23(33-2)24(15-20)34-3/h4-12,14-15H,1,13,16H2,2-3H3,(H,28,30). The van der Waals surface area contributed by atoms with Crippen LogP contribution < -0.4 is 23.8 Å². The summed E-state index contributed by atoms with van der Waals surface area (Å²) < 4.78 is 57.7. The molecule has 11 heteroatoms. The summed E-state index contributed by atoms with van der Waals surface area (Å²) in [6, 6.07) is 13.9. The van der Waals surface area contributed by atoms with Crippen molar-refractivity contribution in [1.82, 2.24) is 0 Å². The number of ether oxygens (including phenoxy) is 3. The van der Waals surface area contributed by atoms with Gasteiger partial charge in [-0.3, -0.25) is 9.10 Å². The molecule has 0 atom stereocenters. The van der Waals surface area contributed by atoms with Crippen LogP contribution in [-0.4, -0.2) is 41.7 Å². The zero-order valence-corrected chi connectivity index (χ0v) is 21.1. The monoisotopic (exact) mass is 534 g/mol. The van der Waals surface area contributed by atoms with E-state index in [0.717, 1.165) is 16.4 Å². The number of hydrogen-bond donors (Lipinski definition) is 1. The van der Waals surface area contributed by atoms with E-state index in [2.05, 4.69) is 11.9 Å². The van der Waals surface area contributed by atoms with Crippen LogP contribution in [-0.2, 0) is 14.8 Å². The number of nitrogens with one attached hydrogen (secondary N) is 1. The van der Waals surface area contributed by atoms with E-state index in [9.17, 15) is 17.6 Å². The van der Waals surface area contributed by atoms with Crippen molar-refractivity contribution in [3.8, 4) is 17.2 Å². The van der Waals surface area contributed by atoms with E-state index < -0.39 is 28.3 Å². The second-order valence-corrected chi connectivity index (χ2v) is 9.57. The summed E-state index contributed by atoms with van der Waals surface area (Å²) in [5.74, 6) is -0.289. The van der Waals surface area contributed by atoms with Gasteiger partial charge in [-0.15, -0.1) is 0 Å². The molecule has 0 aliphatic heterocycles. The van der Waals surface area contributed by atoms with Crippen LogP contribution in [0.5, 0.6) is 17.2 Å². The summed E-state index contributed by atoms with van der Waals surface area (Å²) in [6.07, 6.45) is 1.60. The fraction of sp³-hybridized carbons (Fsp3) is 0.160. The van der Waals surface area contributed by atoms with Gasteiger partial charge in [0.2, 0.25) is 5.91 Å². The van der Waals surface area contributed by atoms with Crippen molar-refractivity contribution < 1.29 is 31.8 Å². The largest absolute Gasteiger partial charge is 0.493 e. The van der Waals surface area contributed by atoms with Crippen LogP contribution in [0.25, 0.3) is 0 Å². The molecule has 0 aliphatic rings. The van der Waals surface area contributed by atoms with Gasteiger partial charge in [0.15, 0.2) is 11.5 Å². The highest BCUT2D eigenvalue weighted by Crippen LogP contribution is 2.33. The van der Waals surface area contributed by atoms with E-state index in [1.807, 2.05) is 0 Å². The molecule has 1 N–H and O–H groups in total. The number of sulfonamides is 1. The third-order valence-corrected chi connectivity index (χ3v) is 6.99. The number of amides is 1. The summed E-state index contributed by atoms with van der Waals surface area (Å²) in [7, 11) is -1.53. The molecule has 0 radical (unpaired) electrons. The van der Waals surface area contributed by atoms with Gasteiger partial charge in [0.25, 0.3) is 10.0 Å². The number of hydrogen-bond acceptors (Lipinski definition) is 6. The topological polar surface area (TPSA) is 94.2 Å². The molecule has 0 saturated carbocycles. The van der Waals surface area contributed by atoms with Crippen molar-refractivity contribution in [2.75, 3.05) is 37.0 Å². The van der Waals surface area contributed by atoms with Crippen molar-refractivity contribution in [2.24, 2.45) is 0 Å². The van der Waals surface area contributed by atoms with Crippen molar-refractivity contribution >= 4 is 38.9 Å². The number of carbonyl (C=O) groups is 1. The van der Waals surface area contributed by atoms with Crippen molar-refractivity contribution in [2.45, 2.75) is 4.90 Å². The van der Waals surface area contributed by atoms with Crippen molar-refractivity contribution in [1.29, 1.82) is 0 Å². The average Bonchev–Trinajstić information content (AvgIpc) is 2.88. The van der Waals surface area contributed by atoms with Crippen LogP contribution in [0, 0.1) is 5.82 Å². The van der Waals surface area contributed by atoms with Crippen LogP contribution in [0.1, 0.15) is 0 Å². The lowest BCUT2D eigenvalue weighted by molar-refractivity contribution is -0.114. The number of anilines is 2. The van der Waals surface area contributed by atoms with E-state index in [-0.39, 0.29) is 21.4 Å². The summed E-state index contributed by atoms with van der Waals surface area (Å²) in [4.78, 5) is 12.7. The van der Waals surface area contributed by atoms with Gasteiger partial charge >= 0.3 is 0 Å². The van der Waals surface area contributed by atoms with E-state index in [4.69, 9.17) is 25.8 Å². The maximum atomic E-state index is 13.8. The second-order valence-electron chi connectivity index (χ2n) is 7.30. The van der Waals surface area contributed by atoms with E-state index >= 15 is 0 Å². The van der Waals surface area contributed by atoms with Crippen LogP contribution in [0.3, 0.4) is 0 Å². The molecule has 0 aliphatic carbocycles. The summed E-state index contributed by atoms with van der Waals surface area (Å²) in [5, 5.41) is 2.35. The van der Waals surface area contributed by atoms with Gasteiger partial charge < -0.3 is 19.5 Å². The molecule has 190 valence electrons. The Morgan fingerprint density at radius 1 is 1.06 bits per heavy atom. The van der Waals surface area contributed by atoms with E-state index in [0.29, 0.717) is 23.8 Å². The number of rotatable bonds is 11. The number of benzene rings is 3. The predicted octanol–water partition coefficient (Wildman–Crippen LogP) is 4.90. The SMILES string of the molecule is C=CCOc1ccc(NC(=O)CN(c2ccc(F)c(Cl)c2)S(=O)(=O)c2ccc(OC)c(OC)c2)cc1. The zero-order valence-electron chi connectivity index (χ0n) is 19.5. The average molecular weight is 535 g/mol. The third-order valence-electron chi connectivity index (χ3n) is 4.93. The Labute approximate surface area is 213 Å². The minimum Gasteiger partial charge on any atom is -0.493 e. The van der Waals surface area contributed by atoms with Gasteiger partial charge in [0, 0.05) is 11.8 Å². The number of methoxy groups -OCH3 is 2. The van der Waals surface area contributed by atoms with Gasteiger partial charge in [-0.25, -0.2) is 12.8 Å². The highest BCUT2D eigenvalue weighted by atomic mass is 35.5. The maximum Gasteiger partial charge on any atom is 0.264 e. The molecule has 0 spiro atoms. The Morgan fingerprint density at radius 2 is 1.75 bits per heavy atom. The Morgan fingerprint density at radius 3 is 2.36 bits per heavy atom. The minimum absolute atomic E-state index is 0.000456. The maximum absolute atomic E-state index is 13.8. The molecular weight excluding hydrogens is 511 g/mol. The van der Waals surface area contributed by atoms with Crippen molar-refractivity contribution in [3.05, 3.63) is 84.2 Å². The molecule has 8 nitrogen and oxygen atoms in total. The molecule has 0 bridgehead atoms. The van der Waals surface area contributed by atoms with E-state index in [1.165, 1.54) is 38.5 Å². The molecule has 3 aromatic carbocycles. The van der Waals surface area contributed by atoms with Crippen molar-refractivity contribution in [3.63, 3.8) is 0 Å². The molecule has 3 aromatic rings. The first-order valence-corrected chi connectivity index (χ1v) is 12.3. The number of carbonyl (C=O) groups excluding carboxylic acids is 1. The second kappa shape index (κ2) is 11.8. The van der Waals surface area contributed by atoms with Gasteiger partial charge in [-0.05, 0) is 54.6 Å². The molecule has 0 aromatic heterocycles. The molecule has 36 heavy (non-hydrogen) atoms. The summed E-state index contributed by atoms with van der Waals surface area (Å²) in [6.45, 7) is 3.29. The summed E-state index contributed by atoms with van der Waals surface area (Å²) in [5.41, 5.74) is 0.422. The Hall–Kier alpha value is -3.76. The lowest BCUT2D eigenvalue weighted by Gasteiger charge is -2.25. The molecule has 0 saturated heterocycles. The lowest BCUT2D eigenvalue weighted by Crippen LogP contribution is -2.38. The van der Waals surface area contributed by atoms with Crippen LogP contribution in [0.15, 0.2) is 78.2 Å². The van der Waals surface area contributed by atoms with E-state index in [1.54, 1.807) is 30.3 Å².